The van der Waals surface area contributed by atoms with Crippen LogP contribution < -0.4 is 0 Å². The highest BCUT2D eigenvalue weighted by atomic mass is 16.1. The van der Waals surface area contributed by atoms with Gasteiger partial charge in [-0.2, -0.15) is 5.26 Å². The van der Waals surface area contributed by atoms with Gasteiger partial charge in [0.2, 0.25) is 0 Å². The number of fused-ring (bicyclic) bond motifs is 5. The van der Waals surface area contributed by atoms with E-state index in [1.54, 1.807) is 6.08 Å². The largest absolute Gasteiger partial charge is 0.300 e. The number of allylic oxidation sites excluding steroid dienone is 2. The minimum absolute atomic E-state index is 0.0247. The molecule has 3 heteroatoms. The first-order valence-electron chi connectivity index (χ1n) is 9.53. The van der Waals surface area contributed by atoms with Crippen LogP contribution in [0.3, 0.4) is 0 Å². The summed E-state index contributed by atoms with van der Waals surface area (Å²) in [5, 5.41) is 9.11. The van der Waals surface area contributed by atoms with Crippen molar-refractivity contribution in [2.45, 2.75) is 65.2 Å². The monoisotopic (exact) mass is 325 g/mol. The molecule has 4 rings (SSSR count). The van der Waals surface area contributed by atoms with Crippen molar-refractivity contribution in [3.8, 4) is 6.07 Å². The van der Waals surface area contributed by atoms with Gasteiger partial charge in [-0.05, 0) is 60.7 Å². The number of ketones is 2. The molecule has 4 aliphatic carbocycles. The second-order valence-electron chi connectivity index (χ2n) is 9.17. The summed E-state index contributed by atoms with van der Waals surface area (Å²) in [6.07, 6.45) is 8.84. The van der Waals surface area contributed by atoms with Crippen LogP contribution in [-0.2, 0) is 9.59 Å². The zero-order valence-corrected chi connectivity index (χ0v) is 14.8. The molecule has 0 heterocycles. The summed E-state index contributed by atoms with van der Waals surface area (Å²) in [5.41, 5.74) is 1.13. The maximum absolute atomic E-state index is 13.3. The van der Waals surface area contributed by atoms with E-state index >= 15 is 0 Å². The lowest BCUT2D eigenvalue weighted by molar-refractivity contribution is -0.156. The number of nitriles is 1. The highest BCUT2D eigenvalue weighted by molar-refractivity contribution is 5.86. The first kappa shape index (κ1) is 16.1. The Morgan fingerprint density at radius 2 is 1.96 bits per heavy atom. The summed E-state index contributed by atoms with van der Waals surface area (Å²) >= 11 is 0. The average Bonchev–Trinajstić information content (AvgIpc) is 2.84. The minimum Gasteiger partial charge on any atom is -0.300 e. The molecule has 6 unspecified atom stereocenters. The molecule has 0 aromatic heterocycles. The summed E-state index contributed by atoms with van der Waals surface area (Å²) in [4.78, 5) is 25.2. The molecule has 0 bridgehead atoms. The van der Waals surface area contributed by atoms with Gasteiger partial charge in [0.15, 0.2) is 0 Å². The molecule has 24 heavy (non-hydrogen) atoms. The van der Waals surface area contributed by atoms with Crippen LogP contribution in [0.15, 0.2) is 11.6 Å². The van der Waals surface area contributed by atoms with E-state index in [4.69, 9.17) is 5.26 Å². The molecule has 4 fully saturated rings. The van der Waals surface area contributed by atoms with E-state index in [1.165, 1.54) is 5.57 Å². The fourth-order valence-electron chi connectivity index (χ4n) is 7.02. The van der Waals surface area contributed by atoms with E-state index in [2.05, 4.69) is 19.9 Å². The van der Waals surface area contributed by atoms with E-state index in [0.29, 0.717) is 48.6 Å². The van der Waals surface area contributed by atoms with Gasteiger partial charge in [0.25, 0.3) is 0 Å². The van der Waals surface area contributed by atoms with E-state index in [9.17, 15) is 9.59 Å². The topological polar surface area (TPSA) is 57.9 Å². The first-order valence-corrected chi connectivity index (χ1v) is 9.53. The highest BCUT2D eigenvalue weighted by Crippen LogP contribution is 2.66. The summed E-state index contributed by atoms with van der Waals surface area (Å²) in [7, 11) is 0. The molecule has 0 aliphatic heterocycles. The van der Waals surface area contributed by atoms with Gasteiger partial charge >= 0.3 is 0 Å². The van der Waals surface area contributed by atoms with Crippen LogP contribution in [0.25, 0.3) is 0 Å². The number of carbonyl (C=O) groups excluding carboxylic acids is 2. The maximum Gasteiger partial charge on any atom is 0.137 e. The summed E-state index contributed by atoms with van der Waals surface area (Å²) in [6, 6.07) is 2.20. The number of rotatable bonds is 0. The van der Waals surface area contributed by atoms with Gasteiger partial charge in [-0.3, -0.25) is 9.59 Å². The van der Waals surface area contributed by atoms with E-state index < -0.39 is 0 Å². The Morgan fingerprint density at radius 1 is 1.17 bits per heavy atom. The van der Waals surface area contributed by atoms with Crippen LogP contribution in [-0.4, -0.2) is 11.6 Å². The summed E-state index contributed by atoms with van der Waals surface area (Å²) in [6.45, 7) is 4.52. The van der Waals surface area contributed by atoms with E-state index in [0.717, 1.165) is 32.1 Å². The normalized spacial score (nSPS) is 49.3. The number of carbonyl (C=O) groups is 2. The van der Waals surface area contributed by atoms with Crippen LogP contribution >= 0.6 is 0 Å². The van der Waals surface area contributed by atoms with Gasteiger partial charge in [-0.25, -0.2) is 0 Å². The number of hydrogen-bond donors (Lipinski definition) is 0. The van der Waals surface area contributed by atoms with Gasteiger partial charge in [-0.15, -0.1) is 0 Å². The molecule has 0 saturated heterocycles. The molecule has 4 aliphatic rings. The Kier molecular flexibility index (Phi) is 3.53. The van der Waals surface area contributed by atoms with Crippen molar-refractivity contribution in [3.05, 3.63) is 11.6 Å². The van der Waals surface area contributed by atoms with Crippen LogP contribution in [0, 0.1) is 45.8 Å². The molecule has 128 valence electrons. The summed E-state index contributed by atoms with van der Waals surface area (Å²) < 4.78 is 0. The van der Waals surface area contributed by atoms with E-state index in [1.807, 2.05) is 0 Å². The standard InChI is InChI=1S/C21H27NO2/c1-20-9-7-15(23)11-14(20)3-5-16-17-6-4-13(8-10-22)21(17,2)12-18(24)19(16)20/h8,14,16-17,19H,3-7,9,11-12H2,1-2H3. The zero-order valence-electron chi connectivity index (χ0n) is 14.8. The summed E-state index contributed by atoms with van der Waals surface area (Å²) in [5.74, 6) is 2.34. The second-order valence-corrected chi connectivity index (χ2v) is 9.17. The van der Waals surface area contributed by atoms with Crippen LogP contribution in [0.5, 0.6) is 0 Å². The fraction of sp³-hybridized carbons (Fsp3) is 0.762. The third-order valence-electron chi connectivity index (χ3n) is 8.26. The Hall–Kier alpha value is -1.43. The molecule has 0 amide bonds. The van der Waals surface area contributed by atoms with Crippen molar-refractivity contribution in [1.29, 1.82) is 5.26 Å². The Morgan fingerprint density at radius 3 is 2.71 bits per heavy atom. The van der Waals surface area contributed by atoms with Gasteiger partial charge in [0.05, 0.1) is 6.07 Å². The third-order valence-corrected chi connectivity index (χ3v) is 8.26. The van der Waals surface area contributed by atoms with Gasteiger partial charge < -0.3 is 0 Å². The van der Waals surface area contributed by atoms with Crippen molar-refractivity contribution in [1.82, 2.24) is 0 Å². The zero-order chi connectivity index (χ0) is 17.1. The predicted octanol–water partition coefficient (Wildman–Crippen LogP) is 4.23. The molecule has 0 aromatic rings. The fourth-order valence-corrected chi connectivity index (χ4v) is 7.02. The SMILES string of the molecule is CC12CC(=O)C3C(CCC4CC(=O)CCC43C)C1CCC2=CC#N. The smallest absolute Gasteiger partial charge is 0.137 e. The number of nitrogens with zero attached hydrogens (tertiary/aromatic N) is 1. The molecule has 0 N–H and O–H groups in total. The molecule has 4 saturated carbocycles. The van der Waals surface area contributed by atoms with E-state index in [-0.39, 0.29) is 16.7 Å². The molecule has 3 nitrogen and oxygen atoms in total. The van der Waals surface area contributed by atoms with Crippen molar-refractivity contribution in [3.63, 3.8) is 0 Å². The molecule has 0 spiro atoms. The maximum atomic E-state index is 13.3. The van der Waals surface area contributed by atoms with Crippen molar-refractivity contribution < 1.29 is 9.59 Å². The molecule has 6 atom stereocenters. The second kappa shape index (κ2) is 5.28. The molecular weight excluding hydrogens is 298 g/mol. The lowest BCUT2D eigenvalue weighted by atomic mass is 9.45. The Labute approximate surface area is 144 Å². The molecule has 0 aromatic carbocycles. The average molecular weight is 325 g/mol. The lowest BCUT2D eigenvalue weighted by Crippen LogP contribution is -2.56. The Balaban J connectivity index is 1.71. The van der Waals surface area contributed by atoms with Crippen molar-refractivity contribution >= 4 is 11.6 Å². The van der Waals surface area contributed by atoms with Crippen LogP contribution in [0.1, 0.15) is 65.2 Å². The lowest BCUT2D eigenvalue weighted by Gasteiger charge is -2.58. The number of Topliss-reactive ketones (excluding diaryl/α,β-unsaturated/α-hetero) is 2. The molecule has 0 radical (unpaired) electrons. The minimum atomic E-state index is -0.0956. The van der Waals surface area contributed by atoms with Gasteiger partial charge in [0, 0.05) is 31.3 Å². The Bertz CT molecular complexity index is 672. The highest BCUT2D eigenvalue weighted by Gasteiger charge is 2.62. The van der Waals surface area contributed by atoms with Crippen molar-refractivity contribution in [2.24, 2.45) is 34.5 Å². The van der Waals surface area contributed by atoms with Crippen molar-refractivity contribution in [2.75, 3.05) is 0 Å². The van der Waals surface area contributed by atoms with Gasteiger partial charge in [-0.1, -0.05) is 19.4 Å². The van der Waals surface area contributed by atoms with Gasteiger partial charge in [0.1, 0.15) is 11.6 Å². The molecular formula is C21H27NO2. The predicted molar refractivity (Wildman–Crippen MR) is 90.8 cm³/mol. The number of hydrogen-bond acceptors (Lipinski definition) is 3. The first-order chi connectivity index (χ1) is 11.4. The van der Waals surface area contributed by atoms with Crippen LogP contribution in [0.2, 0.25) is 0 Å². The third kappa shape index (κ3) is 2.01. The quantitative estimate of drug-likeness (QED) is 0.626. The van der Waals surface area contributed by atoms with Crippen LogP contribution in [0.4, 0.5) is 0 Å².